The predicted octanol–water partition coefficient (Wildman–Crippen LogP) is 4.41. The topological polar surface area (TPSA) is 69.6 Å². The van der Waals surface area contributed by atoms with Gasteiger partial charge in [-0.2, -0.15) is 0 Å². The number of halogens is 2. The Labute approximate surface area is 149 Å². The van der Waals surface area contributed by atoms with Crippen LogP contribution in [0.4, 0.5) is 13.6 Å². The van der Waals surface area contributed by atoms with Gasteiger partial charge in [0.15, 0.2) is 0 Å². The van der Waals surface area contributed by atoms with Crippen molar-refractivity contribution in [1.29, 1.82) is 0 Å². The highest BCUT2D eigenvalue weighted by Gasteiger charge is 2.35. The lowest BCUT2D eigenvalue weighted by molar-refractivity contribution is -0.137. The number of unbranched alkanes of at least 4 members (excludes halogenated alkanes) is 8. The van der Waals surface area contributed by atoms with Crippen LogP contribution in [0.3, 0.4) is 0 Å². The van der Waals surface area contributed by atoms with Crippen LogP contribution < -0.4 is 5.32 Å². The Bertz CT molecular complexity index is 396. The number of nitrogens with one attached hydrogen (secondary N) is 1. The molecule has 25 heavy (non-hydrogen) atoms. The Kier molecular flexibility index (Phi) is 10.4. The van der Waals surface area contributed by atoms with E-state index in [1.165, 1.54) is 11.3 Å². The second-order valence-corrected chi connectivity index (χ2v) is 6.90. The zero-order valence-electron chi connectivity index (χ0n) is 15.1. The lowest BCUT2D eigenvalue weighted by atomic mass is 10.1. The van der Waals surface area contributed by atoms with Gasteiger partial charge in [0.05, 0.1) is 0 Å². The Morgan fingerprint density at radius 1 is 0.880 bits per heavy atom. The van der Waals surface area contributed by atoms with Gasteiger partial charge in [-0.3, -0.25) is 4.79 Å². The fraction of sp³-hybridized carbons (Fsp3) is 0.889. The minimum atomic E-state index is -2.62. The molecule has 0 atom stereocenters. The number of rotatable bonds is 12. The summed E-state index contributed by atoms with van der Waals surface area (Å²) in [6.07, 6.45) is 9.21. The molecule has 7 heteroatoms. The van der Waals surface area contributed by atoms with Gasteiger partial charge in [0.25, 0.3) is 5.92 Å². The van der Waals surface area contributed by atoms with Crippen molar-refractivity contribution in [3.63, 3.8) is 0 Å². The maximum Gasteiger partial charge on any atom is 0.317 e. The number of carboxylic acids is 1. The van der Waals surface area contributed by atoms with Crippen molar-refractivity contribution in [2.45, 2.75) is 83.0 Å². The summed E-state index contributed by atoms with van der Waals surface area (Å²) in [7, 11) is 0. The lowest BCUT2D eigenvalue weighted by Gasteiger charge is -2.31. The fourth-order valence-corrected chi connectivity index (χ4v) is 2.98. The van der Waals surface area contributed by atoms with Gasteiger partial charge in [-0.25, -0.2) is 13.6 Å². The average Bonchev–Trinajstić information content (AvgIpc) is 2.55. The van der Waals surface area contributed by atoms with Crippen molar-refractivity contribution in [1.82, 2.24) is 10.2 Å². The Morgan fingerprint density at radius 3 is 1.88 bits per heavy atom. The molecule has 1 saturated heterocycles. The summed E-state index contributed by atoms with van der Waals surface area (Å²) in [4.78, 5) is 23.7. The van der Waals surface area contributed by atoms with Gasteiger partial charge in [-0.05, 0) is 12.8 Å². The van der Waals surface area contributed by atoms with Crippen molar-refractivity contribution in [3.8, 4) is 0 Å². The molecule has 0 bridgehead atoms. The molecule has 1 heterocycles. The third-order valence-electron chi connectivity index (χ3n) is 4.63. The van der Waals surface area contributed by atoms with Crippen LogP contribution in [0.1, 0.15) is 77.0 Å². The summed E-state index contributed by atoms with van der Waals surface area (Å²) in [5.74, 6) is -3.34. The first-order valence-corrected chi connectivity index (χ1v) is 9.53. The summed E-state index contributed by atoms with van der Waals surface area (Å²) in [5, 5.41) is 11.3. The number of carboxylic acid groups (broad SMARTS) is 1. The Hall–Kier alpha value is -1.40. The van der Waals surface area contributed by atoms with Gasteiger partial charge in [0.2, 0.25) is 0 Å². The largest absolute Gasteiger partial charge is 0.481 e. The van der Waals surface area contributed by atoms with Crippen molar-refractivity contribution in [2.75, 3.05) is 19.6 Å². The smallest absolute Gasteiger partial charge is 0.317 e. The number of nitrogens with zero attached hydrogens (tertiary/aromatic N) is 1. The molecule has 0 aromatic heterocycles. The summed E-state index contributed by atoms with van der Waals surface area (Å²) in [6, 6.07) is -0.225. The predicted molar refractivity (Wildman–Crippen MR) is 93.0 cm³/mol. The number of piperidine rings is 1. The van der Waals surface area contributed by atoms with E-state index in [0.717, 1.165) is 51.4 Å². The number of aliphatic carboxylic acids is 1. The number of carbonyl (C=O) groups is 2. The van der Waals surface area contributed by atoms with Crippen LogP contribution in [0.15, 0.2) is 0 Å². The number of hydrogen-bond acceptors (Lipinski definition) is 2. The fourth-order valence-electron chi connectivity index (χ4n) is 2.98. The molecule has 2 amide bonds. The molecule has 5 nitrogen and oxygen atoms in total. The summed E-state index contributed by atoms with van der Waals surface area (Å²) < 4.78 is 26.1. The molecular formula is C18H32F2N2O3. The minimum absolute atomic E-state index is 0.130. The molecule has 1 aliphatic heterocycles. The van der Waals surface area contributed by atoms with Crippen LogP contribution >= 0.6 is 0 Å². The molecule has 1 aliphatic rings. The van der Waals surface area contributed by atoms with Crippen molar-refractivity contribution >= 4 is 12.0 Å². The molecule has 0 radical (unpaired) electrons. The highest BCUT2D eigenvalue weighted by molar-refractivity contribution is 5.74. The number of alkyl halides is 2. The first kappa shape index (κ1) is 21.6. The normalized spacial score (nSPS) is 16.6. The van der Waals surface area contributed by atoms with Gasteiger partial charge in [0.1, 0.15) is 0 Å². The van der Waals surface area contributed by atoms with Gasteiger partial charge < -0.3 is 15.3 Å². The SMILES string of the molecule is O=C(O)CCCCCCCCCCCNC(=O)N1CCC(F)(F)CC1. The van der Waals surface area contributed by atoms with E-state index >= 15 is 0 Å². The zero-order valence-corrected chi connectivity index (χ0v) is 15.1. The van der Waals surface area contributed by atoms with Crippen LogP contribution in [0, 0.1) is 0 Å². The van der Waals surface area contributed by atoms with Gasteiger partial charge in [-0.1, -0.05) is 44.9 Å². The van der Waals surface area contributed by atoms with Crippen LogP contribution in [0.2, 0.25) is 0 Å². The number of amides is 2. The summed E-state index contributed by atoms with van der Waals surface area (Å²) in [6.45, 7) is 0.859. The second kappa shape index (κ2) is 12.0. The van der Waals surface area contributed by atoms with E-state index in [-0.39, 0.29) is 38.4 Å². The molecule has 146 valence electrons. The first-order valence-electron chi connectivity index (χ1n) is 9.53. The molecule has 1 fully saturated rings. The van der Waals surface area contributed by atoms with E-state index in [1.54, 1.807) is 0 Å². The van der Waals surface area contributed by atoms with Gasteiger partial charge in [0, 0.05) is 38.9 Å². The lowest BCUT2D eigenvalue weighted by Crippen LogP contribution is -2.47. The quantitative estimate of drug-likeness (QED) is 0.505. The monoisotopic (exact) mass is 362 g/mol. The van der Waals surface area contributed by atoms with E-state index in [4.69, 9.17) is 5.11 Å². The minimum Gasteiger partial charge on any atom is -0.481 e. The maximum atomic E-state index is 13.0. The van der Waals surface area contributed by atoms with E-state index in [2.05, 4.69) is 5.32 Å². The van der Waals surface area contributed by atoms with E-state index in [0.29, 0.717) is 6.54 Å². The van der Waals surface area contributed by atoms with Crippen LogP contribution in [0.25, 0.3) is 0 Å². The Morgan fingerprint density at radius 2 is 1.36 bits per heavy atom. The molecular weight excluding hydrogens is 330 g/mol. The third kappa shape index (κ3) is 10.9. The molecule has 1 rings (SSSR count). The average molecular weight is 362 g/mol. The molecule has 2 N–H and O–H groups in total. The molecule has 0 saturated carbocycles. The maximum absolute atomic E-state index is 13.0. The summed E-state index contributed by atoms with van der Waals surface area (Å²) >= 11 is 0. The number of carbonyl (C=O) groups excluding carboxylic acids is 1. The van der Waals surface area contributed by atoms with Crippen molar-refractivity contribution in [3.05, 3.63) is 0 Å². The molecule has 0 spiro atoms. The molecule has 0 aromatic rings. The number of likely N-dealkylation sites (tertiary alicyclic amines) is 1. The highest BCUT2D eigenvalue weighted by Crippen LogP contribution is 2.27. The number of hydrogen-bond donors (Lipinski definition) is 2. The molecule has 0 aliphatic carbocycles. The number of urea groups is 1. The standard InChI is InChI=1S/C18H32F2N2O3/c19-18(20)11-14-22(15-12-18)17(25)21-13-9-7-5-3-1-2-4-6-8-10-16(23)24/h1-15H2,(H,21,25)(H,23,24). The zero-order chi connectivity index (χ0) is 18.5. The molecule has 0 aromatic carbocycles. The van der Waals surface area contributed by atoms with Crippen LogP contribution in [0.5, 0.6) is 0 Å². The second-order valence-electron chi connectivity index (χ2n) is 6.90. The Balaban J connectivity index is 1.86. The highest BCUT2D eigenvalue weighted by atomic mass is 19.3. The summed E-state index contributed by atoms with van der Waals surface area (Å²) in [5.41, 5.74) is 0. The third-order valence-corrected chi connectivity index (χ3v) is 4.63. The molecule has 0 unspecified atom stereocenters. The van der Waals surface area contributed by atoms with Crippen LogP contribution in [-0.2, 0) is 4.79 Å². The van der Waals surface area contributed by atoms with E-state index in [1.807, 2.05) is 0 Å². The first-order chi connectivity index (χ1) is 11.9. The van der Waals surface area contributed by atoms with Gasteiger partial charge in [-0.15, -0.1) is 0 Å². The van der Waals surface area contributed by atoms with Crippen molar-refractivity contribution in [2.24, 2.45) is 0 Å². The van der Waals surface area contributed by atoms with E-state index < -0.39 is 11.9 Å². The van der Waals surface area contributed by atoms with Crippen molar-refractivity contribution < 1.29 is 23.5 Å². The van der Waals surface area contributed by atoms with Gasteiger partial charge >= 0.3 is 12.0 Å². The van der Waals surface area contributed by atoms with E-state index in [9.17, 15) is 18.4 Å². The van der Waals surface area contributed by atoms with Crippen LogP contribution in [-0.4, -0.2) is 47.6 Å².